The van der Waals surface area contributed by atoms with Gasteiger partial charge in [0, 0.05) is 34.8 Å². The molecular weight excluding hydrogens is 633 g/mol. The number of carbonyl (C=O) groups is 1. The van der Waals surface area contributed by atoms with Gasteiger partial charge < -0.3 is 15.9 Å². The number of hydrazone groups is 1. The summed E-state index contributed by atoms with van der Waals surface area (Å²) in [5.41, 5.74) is 4.98. The molecule has 2 heterocycles. The van der Waals surface area contributed by atoms with Crippen molar-refractivity contribution in [3.8, 4) is 5.75 Å². The Morgan fingerprint density at radius 3 is 2.69 bits per heavy atom. The van der Waals surface area contributed by atoms with Crippen LogP contribution in [0.1, 0.15) is 47.2 Å². The number of sulfonamides is 1. The number of aromatic nitrogens is 1. The molecule has 0 saturated carbocycles. The lowest BCUT2D eigenvalue weighted by Gasteiger charge is -2.24. The largest absolute Gasteiger partial charge is 0.487 e. The number of ether oxygens (including phenoxy) is 1. The standard InChI is InChI=1S/C33H35Cl2N5O4S/c1-21-18-22(2)39-32-25(21)7-3-9-29(32)44-20-26-27(34)14-15-30(31(26)35)45(42,43)40-17-5-8-28(40)33(41)37-16-4-6-23-10-12-24(13-11-23)19-38-36/h3,7,9-15,18-19,28H,4-6,8,16-17,20,36H2,1-2H3,(H,37,41)/t28-/m0/s1. The summed E-state index contributed by atoms with van der Waals surface area (Å²) in [6, 6.07) is 17.5. The van der Waals surface area contributed by atoms with Crippen LogP contribution in [0.2, 0.25) is 10.0 Å². The lowest BCUT2D eigenvalue weighted by molar-refractivity contribution is -0.124. The number of fused-ring (bicyclic) bond motifs is 1. The average Bonchev–Trinajstić information content (AvgIpc) is 3.52. The normalized spacial score (nSPS) is 15.6. The van der Waals surface area contributed by atoms with Gasteiger partial charge >= 0.3 is 0 Å². The third-order valence-corrected chi connectivity index (χ3v) is 10.7. The van der Waals surface area contributed by atoms with Gasteiger partial charge in [0.25, 0.3) is 0 Å². The van der Waals surface area contributed by atoms with E-state index in [-0.39, 0.29) is 34.0 Å². The summed E-state index contributed by atoms with van der Waals surface area (Å²) in [6.45, 7) is 4.49. The molecule has 0 radical (unpaired) electrons. The number of amides is 1. The maximum Gasteiger partial charge on any atom is 0.245 e. The van der Waals surface area contributed by atoms with E-state index in [4.69, 9.17) is 33.8 Å². The summed E-state index contributed by atoms with van der Waals surface area (Å²) < 4.78 is 35.1. The van der Waals surface area contributed by atoms with Crippen molar-refractivity contribution in [1.82, 2.24) is 14.6 Å². The van der Waals surface area contributed by atoms with Crippen LogP contribution in [0.4, 0.5) is 0 Å². The molecule has 0 aliphatic carbocycles. The Labute approximate surface area is 273 Å². The first-order chi connectivity index (χ1) is 21.6. The zero-order valence-corrected chi connectivity index (χ0v) is 27.4. The molecule has 1 aliphatic heterocycles. The molecule has 4 aromatic rings. The predicted octanol–water partition coefficient (Wildman–Crippen LogP) is 5.93. The Morgan fingerprint density at radius 2 is 1.93 bits per heavy atom. The average molecular weight is 669 g/mol. The van der Waals surface area contributed by atoms with Crippen LogP contribution in [-0.2, 0) is 27.8 Å². The van der Waals surface area contributed by atoms with E-state index < -0.39 is 16.1 Å². The van der Waals surface area contributed by atoms with Gasteiger partial charge in [-0.05, 0) is 80.5 Å². The molecule has 0 bridgehead atoms. The summed E-state index contributed by atoms with van der Waals surface area (Å²) in [4.78, 5) is 17.7. The molecule has 5 rings (SSSR count). The van der Waals surface area contributed by atoms with E-state index in [1.807, 2.05) is 56.3 Å². The predicted molar refractivity (Wildman–Crippen MR) is 178 cm³/mol. The lowest BCUT2D eigenvalue weighted by atomic mass is 10.1. The van der Waals surface area contributed by atoms with E-state index in [9.17, 15) is 13.2 Å². The summed E-state index contributed by atoms with van der Waals surface area (Å²) >= 11 is 13.2. The second kappa shape index (κ2) is 14.2. The van der Waals surface area contributed by atoms with E-state index in [0.717, 1.165) is 34.2 Å². The van der Waals surface area contributed by atoms with E-state index >= 15 is 0 Å². The topological polar surface area (TPSA) is 127 Å². The number of carbonyl (C=O) groups excluding carboxylic acids is 1. The quantitative estimate of drug-likeness (QED) is 0.0883. The number of nitrogens with zero attached hydrogens (tertiary/aromatic N) is 3. The molecule has 1 atom stereocenters. The second-order valence-electron chi connectivity index (χ2n) is 11.0. The van der Waals surface area contributed by atoms with Crippen LogP contribution in [0.15, 0.2) is 70.7 Å². The van der Waals surface area contributed by atoms with Crippen LogP contribution in [-0.4, -0.2) is 49.0 Å². The van der Waals surface area contributed by atoms with Crippen molar-refractivity contribution in [2.45, 2.75) is 57.1 Å². The second-order valence-corrected chi connectivity index (χ2v) is 13.7. The molecule has 3 N–H and O–H groups in total. The number of nitrogens with one attached hydrogen (secondary N) is 1. The number of halogens is 2. The van der Waals surface area contributed by atoms with E-state index in [2.05, 4.69) is 15.4 Å². The molecule has 45 heavy (non-hydrogen) atoms. The van der Waals surface area contributed by atoms with Gasteiger partial charge in [0.05, 0.1) is 11.2 Å². The van der Waals surface area contributed by atoms with Gasteiger partial charge in [0.2, 0.25) is 15.9 Å². The van der Waals surface area contributed by atoms with Crippen LogP contribution in [0.3, 0.4) is 0 Å². The van der Waals surface area contributed by atoms with Crippen LogP contribution in [0.5, 0.6) is 5.75 Å². The molecule has 0 unspecified atom stereocenters. The molecule has 0 spiro atoms. The van der Waals surface area contributed by atoms with Crippen LogP contribution >= 0.6 is 23.2 Å². The number of aryl methyl sites for hydroxylation is 3. The van der Waals surface area contributed by atoms with Gasteiger partial charge in [0.15, 0.2) is 0 Å². The molecule has 1 saturated heterocycles. The van der Waals surface area contributed by atoms with E-state index in [0.29, 0.717) is 42.6 Å². The highest BCUT2D eigenvalue weighted by atomic mass is 35.5. The molecule has 1 amide bonds. The minimum atomic E-state index is -4.12. The van der Waals surface area contributed by atoms with Crippen molar-refractivity contribution in [3.63, 3.8) is 0 Å². The fraction of sp³-hybridized carbons (Fsp3) is 0.303. The molecule has 1 aliphatic rings. The molecule has 3 aromatic carbocycles. The van der Waals surface area contributed by atoms with E-state index in [1.54, 1.807) is 12.3 Å². The number of hydrogen-bond donors (Lipinski definition) is 2. The minimum Gasteiger partial charge on any atom is -0.487 e. The number of nitrogens with two attached hydrogens (primary N) is 1. The van der Waals surface area contributed by atoms with Gasteiger partial charge in [-0.1, -0.05) is 59.6 Å². The number of rotatable bonds is 11. The van der Waals surface area contributed by atoms with Crippen molar-refractivity contribution < 1.29 is 17.9 Å². The number of hydrogen-bond acceptors (Lipinski definition) is 7. The first kappa shape index (κ1) is 32.7. The molecule has 12 heteroatoms. The van der Waals surface area contributed by atoms with E-state index in [1.165, 1.54) is 16.4 Å². The number of benzene rings is 3. The highest BCUT2D eigenvalue weighted by molar-refractivity contribution is 7.89. The zero-order valence-electron chi connectivity index (χ0n) is 25.1. The Kier molecular flexibility index (Phi) is 10.3. The Bertz CT molecular complexity index is 1850. The van der Waals surface area contributed by atoms with Crippen LogP contribution < -0.4 is 15.9 Å². The highest BCUT2D eigenvalue weighted by Crippen LogP contribution is 2.36. The molecule has 1 aromatic heterocycles. The zero-order chi connectivity index (χ0) is 32.1. The van der Waals surface area contributed by atoms with Crippen molar-refractivity contribution >= 4 is 56.2 Å². The summed E-state index contributed by atoms with van der Waals surface area (Å²) in [5.74, 6) is 5.40. The van der Waals surface area contributed by atoms with Crippen molar-refractivity contribution in [1.29, 1.82) is 0 Å². The fourth-order valence-electron chi connectivity index (χ4n) is 5.62. The monoisotopic (exact) mass is 667 g/mol. The summed E-state index contributed by atoms with van der Waals surface area (Å²) in [7, 11) is -4.12. The molecule has 9 nitrogen and oxygen atoms in total. The van der Waals surface area contributed by atoms with Gasteiger partial charge in [-0.25, -0.2) is 13.4 Å². The minimum absolute atomic E-state index is 0.0298. The molecule has 236 valence electrons. The van der Waals surface area contributed by atoms with Gasteiger partial charge in [-0.15, -0.1) is 0 Å². The van der Waals surface area contributed by atoms with Crippen molar-refractivity contribution in [3.05, 3.63) is 98.7 Å². The van der Waals surface area contributed by atoms with Crippen LogP contribution in [0.25, 0.3) is 10.9 Å². The van der Waals surface area contributed by atoms with Gasteiger partial charge in [-0.3, -0.25) is 4.79 Å². The van der Waals surface area contributed by atoms with Gasteiger partial charge in [0.1, 0.15) is 28.8 Å². The van der Waals surface area contributed by atoms with Crippen LogP contribution in [0, 0.1) is 13.8 Å². The van der Waals surface area contributed by atoms with Gasteiger partial charge in [-0.2, -0.15) is 9.41 Å². The molecular formula is C33H35Cl2N5O4S. The molecule has 1 fully saturated rings. The Hall–Kier alpha value is -3.70. The first-order valence-corrected chi connectivity index (χ1v) is 16.9. The maximum atomic E-state index is 13.9. The SMILES string of the molecule is Cc1cc(C)c2cccc(OCc3c(Cl)ccc(S(=O)(=O)N4CCC[C@H]4C(=O)NCCCc4ccc(C=NN)cc4)c3Cl)c2n1. The number of para-hydroxylation sites is 1. The Balaban J connectivity index is 1.27. The number of pyridine rings is 1. The third-order valence-electron chi connectivity index (χ3n) is 7.90. The summed E-state index contributed by atoms with van der Waals surface area (Å²) in [5, 5.41) is 7.63. The first-order valence-electron chi connectivity index (χ1n) is 14.7. The fourth-order valence-corrected chi connectivity index (χ4v) is 8.14. The highest BCUT2D eigenvalue weighted by Gasteiger charge is 2.40. The lowest BCUT2D eigenvalue weighted by Crippen LogP contribution is -2.46. The van der Waals surface area contributed by atoms with Crippen molar-refractivity contribution in [2.75, 3.05) is 13.1 Å². The third kappa shape index (κ3) is 7.25. The summed E-state index contributed by atoms with van der Waals surface area (Å²) in [6.07, 6.45) is 4.01. The Morgan fingerprint density at radius 1 is 1.16 bits per heavy atom. The smallest absolute Gasteiger partial charge is 0.245 e. The maximum absolute atomic E-state index is 13.9. The van der Waals surface area contributed by atoms with Crippen molar-refractivity contribution in [2.24, 2.45) is 10.9 Å².